The Balaban J connectivity index is 0.000000187. The van der Waals surface area contributed by atoms with Gasteiger partial charge in [-0.2, -0.15) is 0 Å². The van der Waals surface area contributed by atoms with Crippen LogP contribution >= 0.6 is 23.2 Å². The SMILES string of the molecule is Clc1ccc(C([SiH2]Cn2ccnc2)c2ccc(Cl)cc2)cc1.[B]C(c1ccccc1)c1ccccc1. The quantitative estimate of drug-likeness (QED) is 0.208. The predicted molar refractivity (Wildman–Crippen MR) is 156 cm³/mol. The lowest BCUT2D eigenvalue weighted by Crippen LogP contribution is -2.15. The molecule has 0 unspecified atom stereocenters. The molecule has 5 rings (SSSR count). The number of rotatable bonds is 7. The third-order valence-electron chi connectivity index (χ3n) is 6.10. The van der Waals surface area contributed by atoms with Crippen molar-refractivity contribution >= 4 is 40.6 Å². The second kappa shape index (κ2) is 13.3. The van der Waals surface area contributed by atoms with Gasteiger partial charge in [-0.1, -0.05) is 108 Å². The molecule has 36 heavy (non-hydrogen) atoms. The van der Waals surface area contributed by atoms with Gasteiger partial charge < -0.3 is 4.57 Å². The van der Waals surface area contributed by atoms with Gasteiger partial charge in [0, 0.05) is 28.6 Å². The molecule has 2 nitrogen and oxygen atoms in total. The van der Waals surface area contributed by atoms with E-state index < -0.39 is 9.52 Å². The molecule has 0 atom stereocenters. The van der Waals surface area contributed by atoms with Gasteiger partial charge in [0.05, 0.1) is 23.7 Å². The largest absolute Gasteiger partial charge is 0.341 e. The van der Waals surface area contributed by atoms with Crippen molar-refractivity contribution in [3.63, 3.8) is 0 Å². The molecule has 0 spiro atoms. The third-order valence-corrected chi connectivity index (χ3v) is 8.90. The molecule has 1 aromatic heterocycles. The molecule has 0 bridgehead atoms. The summed E-state index contributed by atoms with van der Waals surface area (Å²) in [5.74, 6) is -0.0163. The van der Waals surface area contributed by atoms with Gasteiger partial charge in [0.2, 0.25) is 0 Å². The maximum Gasteiger partial charge on any atom is 0.0942 e. The Labute approximate surface area is 227 Å². The summed E-state index contributed by atoms with van der Waals surface area (Å²) in [6, 6.07) is 36.6. The van der Waals surface area contributed by atoms with Crippen molar-refractivity contribution in [1.82, 2.24) is 9.55 Å². The van der Waals surface area contributed by atoms with E-state index in [1.54, 1.807) is 0 Å². The van der Waals surface area contributed by atoms with Gasteiger partial charge in [0.25, 0.3) is 0 Å². The fourth-order valence-electron chi connectivity index (χ4n) is 4.13. The first-order chi connectivity index (χ1) is 17.6. The van der Waals surface area contributed by atoms with Crippen LogP contribution in [-0.2, 0) is 6.17 Å². The van der Waals surface area contributed by atoms with Crippen molar-refractivity contribution in [2.75, 3.05) is 0 Å². The van der Waals surface area contributed by atoms with Gasteiger partial charge in [0.15, 0.2) is 0 Å². The molecule has 0 amide bonds. The van der Waals surface area contributed by atoms with E-state index in [4.69, 9.17) is 31.0 Å². The van der Waals surface area contributed by atoms with E-state index in [0.29, 0.717) is 5.54 Å². The van der Waals surface area contributed by atoms with Crippen molar-refractivity contribution in [3.8, 4) is 0 Å². The van der Waals surface area contributed by atoms with E-state index in [9.17, 15) is 0 Å². The summed E-state index contributed by atoms with van der Waals surface area (Å²) >= 11 is 12.0. The van der Waals surface area contributed by atoms with Gasteiger partial charge in [0.1, 0.15) is 0 Å². The highest BCUT2D eigenvalue weighted by atomic mass is 35.5. The average molecular weight is 525 g/mol. The van der Waals surface area contributed by atoms with E-state index in [1.807, 2.05) is 79.4 Å². The molecule has 0 aliphatic rings. The van der Waals surface area contributed by atoms with Crippen LogP contribution in [0.1, 0.15) is 33.6 Å². The van der Waals surface area contributed by atoms with Gasteiger partial charge in [-0.3, -0.25) is 0 Å². The zero-order chi connectivity index (χ0) is 25.2. The van der Waals surface area contributed by atoms with Gasteiger partial charge in [-0.15, -0.1) is 0 Å². The van der Waals surface area contributed by atoms with Gasteiger partial charge >= 0.3 is 0 Å². The van der Waals surface area contributed by atoms with Crippen molar-refractivity contribution < 1.29 is 0 Å². The van der Waals surface area contributed by atoms with Crippen LogP contribution in [0, 0.1) is 0 Å². The lowest BCUT2D eigenvalue weighted by molar-refractivity contribution is 0.858. The van der Waals surface area contributed by atoms with Crippen LogP contribution in [0.5, 0.6) is 0 Å². The predicted octanol–water partition coefficient (Wildman–Crippen LogP) is 7.05. The maximum atomic E-state index is 6.12. The van der Waals surface area contributed by atoms with E-state index in [0.717, 1.165) is 27.3 Å². The lowest BCUT2D eigenvalue weighted by Gasteiger charge is -2.18. The minimum Gasteiger partial charge on any atom is -0.341 e. The van der Waals surface area contributed by atoms with Gasteiger partial charge in [-0.05, 0) is 57.9 Å². The highest BCUT2D eigenvalue weighted by Crippen LogP contribution is 2.26. The van der Waals surface area contributed by atoms with E-state index >= 15 is 0 Å². The fraction of sp³-hybridized carbons (Fsp3) is 0.100. The normalized spacial score (nSPS) is 11.1. The van der Waals surface area contributed by atoms with Crippen LogP contribution in [0.3, 0.4) is 0 Å². The van der Waals surface area contributed by atoms with Gasteiger partial charge in [-0.25, -0.2) is 4.98 Å². The van der Waals surface area contributed by atoms with Crippen molar-refractivity contribution in [1.29, 1.82) is 0 Å². The number of benzene rings is 4. The van der Waals surface area contributed by atoms with Crippen LogP contribution in [0.15, 0.2) is 128 Å². The molecule has 0 saturated carbocycles. The van der Waals surface area contributed by atoms with E-state index in [1.165, 1.54) is 11.1 Å². The number of nitrogens with zero attached hydrogens (tertiary/aromatic N) is 2. The zero-order valence-electron chi connectivity index (χ0n) is 19.9. The Morgan fingerprint density at radius 3 is 1.56 bits per heavy atom. The smallest absolute Gasteiger partial charge is 0.0942 e. The molecule has 0 saturated heterocycles. The first kappa shape index (κ1) is 26.0. The van der Waals surface area contributed by atoms with Crippen LogP contribution in [0.4, 0.5) is 0 Å². The minimum absolute atomic E-state index is 0.0163. The standard InChI is InChI=1S/C17H16Cl2N2Si.C13H11B/c18-15-5-1-13(2-6-15)17(14-3-7-16(19)8-4-14)22-12-21-10-9-20-11-21;14-13(11-7-3-1-4-8-11)12-9-5-2-6-10-12/h1-11,17H,12,22H2;1-10,13H. The minimum atomic E-state index is -0.428. The topological polar surface area (TPSA) is 17.8 Å². The Morgan fingerprint density at radius 2 is 1.14 bits per heavy atom. The van der Waals surface area contributed by atoms with Crippen LogP contribution in [0.2, 0.25) is 10.0 Å². The third kappa shape index (κ3) is 7.47. The number of aromatic nitrogens is 2. The fourth-order valence-corrected chi connectivity index (χ4v) is 6.41. The number of imidazole rings is 1. The first-order valence-corrected chi connectivity index (χ1v) is 14.5. The molecule has 0 aliphatic carbocycles. The Bertz CT molecular complexity index is 1210. The van der Waals surface area contributed by atoms with E-state index in [2.05, 4.69) is 58.1 Å². The molecule has 0 aliphatic heterocycles. The first-order valence-electron chi connectivity index (χ1n) is 11.9. The molecule has 1 heterocycles. The zero-order valence-corrected chi connectivity index (χ0v) is 22.8. The van der Waals surface area contributed by atoms with Crippen LogP contribution in [0.25, 0.3) is 0 Å². The molecule has 6 heteroatoms. The Kier molecular flexibility index (Phi) is 9.62. The number of hydrogen-bond donors (Lipinski definition) is 0. The van der Waals surface area contributed by atoms with Crippen LogP contribution in [-0.4, -0.2) is 26.9 Å². The lowest BCUT2D eigenvalue weighted by atomic mass is 9.76. The number of halogens is 2. The van der Waals surface area contributed by atoms with Crippen molar-refractivity contribution in [3.05, 3.63) is 160 Å². The second-order valence-corrected chi connectivity index (χ2v) is 11.3. The highest BCUT2D eigenvalue weighted by molar-refractivity contribution is 6.37. The second-order valence-electron chi connectivity index (χ2n) is 8.54. The Morgan fingerprint density at radius 1 is 0.667 bits per heavy atom. The summed E-state index contributed by atoms with van der Waals surface area (Å²) in [6.07, 6.45) is 6.78. The molecular weight excluding hydrogens is 498 g/mol. The molecular formula is C30H27BCl2N2Si. The molecule has 5 aromatic rings. The Hall–Kier alpha value is -3.05. The molecule has 178 valence electrons. The summed E-state index contributed by atoms with van der Waals surface area (Å²) in [7, 11) is 5.69. The summed E-state index contributed by atoms with van der Waals surface area (Å²) < 4.78 is 2.16. The summed E-state index contributed by atoms with van der Waals surface area (Å²) in [4.78, 5) is 4.12. The summed E-state index contributed by atoms with van der Waals surface area (Å²) in [6.45, 7) is 0. The monoisotopic (exact) mass is 524 g/mol. The highest BCUT2D eigenvalue weighted by Gasteiger charge is 2.15. The van der Waals surface area contributed by atoms with E-state index in [-0.39, 0.29) is 5.82 Å². The van der Waals surface area contributed by atoms with Crippen LogP contribution < -0.4 is 0 Å². The summed E-state index contributed by atoms with van der Waals surface area (Å²) in [5.41, 5.74) is 5.38. The maximum absolute atomic E-state index is 6.12. The molecule has 0 N–H and O–H groups in total. The molecule has 2 radical (unpaired) electrons. The van der Waals surface area contributed by atoms with Crippen molar-refractivity contribution in [2.24, 2.45) is 0 Å². The molecule has 0 fully saturated rings. The van der Waals surface area contributed by atoms with Crippen molar-refractivity contribution in [2.45, 2.75) is 17.5 Å². The number of hydrogen-bond acceptors (Lipinski definition) is 1. The molecule has 4 aromatic carbocycles. The summed E-state index contributed by atoms with van der Waals surface area (Å²) in [5, 5.41) is 1.55. The average Bonchev–Trinajstić information content (AvgIpc) is 3.45.